The van der Waals surface area contributed by atoms with Crippen LogP contribution >= 0.6 is 11.6 Å². The summed E-state index contributed by atoms with van der Waals surface area (Å²) in [5, 5.41) is 6.95. The predicted molar refractivity (Wildman–Crippen MR) is 73.0 cm³/mol. The second kappa shape index (κ2) is 5.33. The van der Waals surface area contributed by atoms with Gasteiger partial charge in [0, 0.05) is 19.8 Å². The molecule has 2 rings (SSSR count). The van der Waals surface area contributed by atoms with Crippen LogP contribution in [0.3, 0.4) is 0 Å². The van der Waals surface area contributed by atoms with Gasteiger partial charge in [-0.25, -0.2) is 0 Å². The highest BCUT2D eigenvalue weighted by atomic mass is 35.5. The fourth-order valence-corrected chi connectivity index (χ4v) is 2.59. The summed E-state index contributed by atoms with van der Waals surface area (Å²) in [7, 11) is 1.83. The number of halogens is 1. The lowest BCUT2D eigenvalue weighted by atomic mass is 9.81. The molecule has 1 saturated heterocycles. The molecule has 0 aromatic carbocycles. The van der Waals surface area contributed by atoms with Gasteiger partial charge in [0.15, 0.2) is 0 Å². The normalized spacial score (nSPS) is 18.6. The van der Waals surface area contributed by atoms with Crippen LogP contribution in [0.4, 0.5) is 0 Å². The van der Waals surface area contributed by atoms with E-state index in [1.54, 1.807) is 16.8 Å². The molecule has 0 atom stereocenters. The van der Waals surface area contributed by atoms with Gasteiger partial charge < -0.3 is 15.2 Å². The van der Waals surface area contributed by atoms with Crippen molar-refractivity contribution in [2.45, 2.75) is 19.8 Å². The van der Waals surface area contributed by atoms with Crippen LogP contribution < -0.4 is 10.6 Å². The number of carbonyl (C=O) groups is 1. The molecule has 0 saturated carbocycles. The van der Waals surface area contributed by atoms with E-state index < -0.39 is 0 Å². The number of amides is 1. The number of aryl methyl sites for hydroxylation is 1. The van der Waals surface area contributed by atoms with E-state index in [0.717, 1.165) is 32.5 Å². The zero-order valence-electron chi connectivity index (χ0n) is 10.9. The van der Waals surface area contributed by atoms with Crippen molar-refractivity contribution >= 4 is 17.5 Å². The van der Waals surface area contributed by atoms with Crippen molar-refractivity contribution in [3.8, 4) is 0 Å². The van der Waals surface area contributed by atoms with Gasteiger partial charge in [0.05, 0.1) is 5.02 Å². The van der Waals surface area contributed by atoms with Crippen LogP contribution in [0.2, 0.25) is 5.02 Å². The number of carbonyl (C=O) groups excluding carboxylic acids is 1. The molecule has 0 bridgehead atoms. The first-order chi connectivity index (χ1) is 8.50. The molecule has 1 aromatic heterocycles. The summed E-state index contributed by atoms with van der Waals surface area (Å²) >= 11 is 5.88. The number of rotatable bonds is 3. The highest BCUT2D eigenvalue weighted by Crippen LogP contribution is 2.26. The van der Waals surface area contributed by atoms with E-state index >= 15 is 0 Å². The molecule has 0 unspecified atom stereocenters. The van der Waals surface area contributed by atoms with Crippen LogP contribution in [0.25, 0.3) is 0 Å². The molecule has 2 N–H and O–H groups in total. The van der Waals surface area contributed by atoms with Crippen molar-refractivity contribution in [2.24, 2.45) is 12.5 Å². The van der Waals surface area contributed by atoms with E-state index in [2.05, 4.69) is 17.6 Å². The van der Waals surface area contributed by atoms with Gasteiger partial charge in [-0.15, -0.1) is 0 Å². The second-order valence-electron chi connectivity index (χ2n) is 5.40. The summed E-state index contributed by atoms with van der Waals surface area (Å²) in [4.78, 5) is 12.1. The minimum Gasteiger partial charge on any atom is -0.350 e. The molecule has 5 heteroatoms. The lowest BCUT2D eigenvalue weighted by Crippen LogP contribution is -2.43. The van der Waals surface area contributed by atoms with Crippen LogP contribution in [0.5, 0.6) is 0 Å². The van der Waals surface area contributed by atoms with Gasteiger partial charge in [0.1, 0.15) is 5.69 Å². The highest BCUT2D eigenvalue weighted by molar-refractivity contribution is 6.31. The van der Waals surface area contributed by atoms with Crippen molar-refractivity contribution < 1.29 is 4.79 Å². The number of hydrogen-bond acceptors (Lipinski definition) is 2. The molecule has 0 radical (unpaired) electrons. The molecule has 1 fully saturated rings. The SMILES string of the molecule is Cn1cc(Cl)cc1C(=O)NCC1(C)CCNCC1. The number of hydrogen-bond donors (Lipinski definition) is 2. The van der Waals surface area contributed by atoms with Crippen molar-refractivity contribution in [2.75, 3.05) is 19.6 Å². The van der Waals surface area contributed by atoms with Crippen molar-refractivity contribution in [3.63, 3.8) is 0 Å². The monoisotopic (exact) mass is 269 g/mol. The lowest BCUT2D eigenvalue weighted by molar-refractivity contribution is 0.0914. The Morgan fingerprint density at radius 1 is 1.56 bits per heavy atom. The molecule has 1 amide bonds. The molecule has 1 aliphatic rings. The van der Waals surface area contributed by atoms with Gasteiger partial charge in [-0.3, -0.25) is 4.79 Å². The van der Waals surface area contributed by atoms with Crippen molar-refractivity contribution in [1.82, 2.24) is 15.2 Å². The molecule has 0 spiro atoms. The van der Waals surface area contributed by atoms with Crippen LogP contribution in [0, 0.1) is 5.41 Å². The van der Waals surface area contributed by atoms with Crippen LogP contribution in [0.1, 0.15) is 30.3 Å². The van der Waals surface area contributed by atoms with Crippen LogP contribution in [-0.2, 0) is 7.05 Å². The molecule has 2 heterocycles. The standard InChI is InChI=1S/C13H20ClN3O/c1-13(3-5-15-6-4-13)9-16-12(18)11-7-10(14)8-17(11)2/h7-8,15H,3-6,9H2,1-2H3,(H,16,18). The molecular formula is C13H20ClN3O. The summed E-state index contributed by atoms with van der Waals surface area (Å²) in [6, 6.07) is 1.70. The molecule has 1 aromatic rings. The van der Waals surface area contributed by atoms with E-state index in [9.17, 15) is 4.79 Å². The maximum Gasteiger partial charge on any atom is 0.267 e. The Balaban J connectivity index is 1.94. The molecular weight excluding hydrogens is 250 g/mol. The minimum absolute atomic E-state index is 0.0517. The van der Waals surface area contributed by atoms with Gasteiger partial charge in [0.2, 0.25) is 0 Å². The summed E-state index contributed by atoms with van der Waals surface area (Å²) in [5.41, 5.74) is 0.813. The maximum atomic E-state index is 12.1. The second-order valence-corrected chi connectivity index (χ2v) is 5.83. The van der Waals surface area contributed by atoms with Gasteiger partial charge >= 0.3 is 0 Å². The Morgan fingerprint density at radius 3 is 2.78 bits per heavy atom. The van der Waals surface area contributed by atoms with Gasteiger partial charge in [0.25, 0.3) is 5.91 Å². The van der Waals surface area contributed by atoms with Crippen molar-refractivity contribution in [1.29, 1.82) is 0 Å². The van der Waals surface area contributed by atoms with E-state index in [0.29, 0.717) is 10.7 Å². The first-order valence-corrected chi connectivity index (χ1v) is 6.69. The third-order valence-corrected chi connectivity index (χ3v) is 3.90. The van der Waals surface area contributed by atoms with E-state index in [-0.39, 0.29) is 11.3 Å². The van der Waals surface area contributed by atoms with Gasteiger partial charge in [-0.2, -0.15) is 0 Å². The molecule has 18 heavy (non-hydrogen) atoms. The highest BCUT2D eigenvalue weighted by Gasteiger charge is 2.27. The Hall–Kier alpha value is -1.00. The fraction of sp³-hybridized carbons (Fsp3) is 0.615. The Morgan fingerprint density at radius 2 is 2.22 bits per heavy atom. The molecule has 1 aliphatic heterocycles. The zero-order chi connectivity index (χ0) is 13.2. The van der Waals surface area contributed by atoms with E-state index in [4.69, 9.17) is 11.6 Å². The Bertz CT molecular complexity index is 435. The summed E-state index contributed by atoms with van der Waals surface area (Å²) in [5.74, 6) is -0.0517. The quantitative estimate of drug-likeness (QED) is 0.879. The molecule has 0 aliphatic carbocycles. The Labute approximate surface area is 113 Å². The summed E-state index contributed by atoms with van der Waals surface area (Å²) in [6.45, 7) is 5.01. The average Bonchev–Trinajstić information content (AvgIpc) is 2.67. The van der Waals surface area contributed by atoms with Crippen LogP contribution in [-0.4, -0.2) is 30.1 Å². The Kier molecular flexibility index (Phi) is 3.97. The fourth-order valence-electron chi connectivity index (χ4n) is 2.34. The smallest absolute Gasteiger partial charge is 0.267 e. The predicted octanol–water partition coefficient (Wildman–Crippen LogP) is 1.80. The average molecular weight is 270 g/mol. The molecule has 100 valence electrons. The van der Waals surface area contributed by atoms with Gasteiger partial charge in [-0.05, 0) is 37.4 Å². The number of nitrogens with one attached hydrogen (secondary N) is 2. The topological polar surface area (TPSA) is 46.1 Å². The largest absolute Gasteiger partial charge is 0.350 e. The zero-order valence-corrected chi connectivity index (χ0v) is 11.7. The van der Waals surface area contributed by atoms with E-state index in [1.165, 1.54) is 0 Å². The maximum absolute atomic E-state index is 12.1. The molecule has 4 nitrogen and oxygen atoms in total. The van der Waals surface area contributed by atoms with E-state index in [1.807, 2.05) is 7.05 Å². The lowest BCUT2D eigenvalue weighted by Gasteiger charge is -2.34. The van der Waals surface area contributed by atoms with Crippen LogP contribution in [0.15, 0.2) is 12.3 Å². The van der Waals surface area contributed by atoms with Gasteiger partial charge in [-0.1, -0.05) is 18.5 Å². The third kappa shape index (κ3) is 3.06. The first-order valence-electron chi connectivity index (χ1n) is 6.31. The summed E-state index contributed by atoms with van der Waals surface area (Å²) < 4.78 is 1.75. The van der Waals surface area contributed by atoms with Crippen molar-refractivity contribution in [3.05, 3.63) is 23.0 Å². The number of nitrogens with zero attached hydrogens (tertiary/aromatic N) is 1. The third-order valence-electron chi connectivity index (χ3n) is 3.69. The minimum atomic E-state index is -0.0517. The first kappa shape index (κ1) is 13.4. The number of piperidine rings is 1. The number of aromatic nitrogens is 1. The summed E-state index contributed by atoms with van der Waals surface area (Å²) in [6.07, 6.45) is 3.94.